The second-order valence-electron chi connectivity index (χ2n) is 5.67. The first-order chi connectivity index (χ1) is 6.88. The molecular weight excluding hydrogens is 190 g/mol. The quantitative estimate of drug-likeness (QED) is 0.522. The van der Waals surface area contributed by atoms with Gasteiger partial charge in [-0.2, -0.15) is 11.5 Å². The second kappa shape index (κ2) is 3.74. The highest BCUT2D eigenvalue weighted by molar-refractivity contribution is 7.09. The Labute approximate surface area is 92.8 Å². The van der Waals surface area contributed by atoms with Crippen LogP contribution in [0.3, 0.4) is 0 Å². The van der Waals surface area contributed by atoms with E-state index in [1.807, 2.05) is 0 Å². The molecule has 0 amide bonds. The summed E-state index contributed by atoms with van der Waals surface area (Å²) < 4.78 is 0. The first-order valence-electron chi connectivity index (χ1n) is 6.52. The fourth-order valence-electron chi connectivity index (χ4n) is 4.55. The molecule has 0 N–H and O–H groups in total. The van der Waals surface area contributed by atoms with Crippen LogP contribution in [0, 0.1) is 11.8 Å². The van der Waals surface area contributed by atoms with E-state index in [0.717, 1.165) is 23.5 Å². The maximum atomic E-state index is 6.66. The summed E-state index contributed by atoms with van der Waals surface area (Å²) in [7, 11) is 0. The first kappa shape index (κ1) is 9.57. The fourth-order valence-corrected chi connectivity index (χ4v) is 5.17. The Hall–Kier alpha value is 0.355. The van der Waals surface area contributed by atoms with Crippen LogP contribution in [0.4, 0.5) is 0 Å². The number of hydrogen-bond donors (Lipinski definition) is 0. The third-order valence-corrected chi connectivity index (χ3v) is 5.77. The Kier molecular flexibility index (Phi) is 2.56. The number of halogens is 1. The highest BCUT2D eigenvalue weighted by Gasteiger charge is 2.52. The number of fused-ring (bicyclic) bond motifs is 3. The molecule has 1 aliphatic heterocycles. The molecule has 1 heterocycles. The molecule has 0 aromatic carbocycles. The maximum absolute atomic E-state index is 6.66. The molecule has 0 spiro atoms. The van der Waals surface area contributed by atoms with Crippen molar-refractivity contribution in [2.24, 2.45) is 11.8 Å². The van der Waals surface area contributed by atoms with Crippen LogP contribution in [-0.4, -0.2) is 6.13 Å². The van der Waals surface area contributed by atoms with Crippen molar-refractivity contribution in [1.29, 1.82) is 0 Å². The van der Waals surface area contributed by atoms with Gasteiger partial charge in [-0.05, 0) is 23.5 Å². The van der Waals surface area contributed by atoms with Gasteiger partial charge < -0.3 is 0 Å². The zero-order valence-corrected chi connectivity index (χ0v) is 9.68. The number of rotatable bonds is 0. The van der Waals surface area contributed by atoms with Crippen LogP contribution in [0.25, 0.3) is 0 Å². The van der Waals surface area contributed by atoms with E-state index in [0.29, 0.717) is 6.13 Å². The summed E-state index contributed by atoms with van der Waals surface area (Å²) in [5.41, 5.74) is 0. The van der Waals surface area contributed by atoms with Gasteiger partial charge in [0.25, 0.3) is 6.13 Å². The molecule has 2 aliphatic carbocycles. The van der Waals surface area contributed by atoms with Gasteiger partial charge in [-0.15, -0.1) is 0 Å². The van der Waals surface area contributed by atoms with Crippen LogP contribution in [0.15, 0.2) is 0 Å². The third kappa shape index (κ3) is 1.35. The van der Waals surface area contributed by atoms with E-state index >= 15 is 0 Å². The van der Waals surface area contributed by atoms with Gasteiger partial charge in [0.2, 0.25) is 0 Å². The summed E-state index contributed by atoms with van der Waals surface area (Å²) in [6, 6.07) is 0. The van der Waals surface area contributed by atoms with Crippen LogP contribution < -0.4 is 0 Å². The van der Waals surface area contributed by atoms with E-state index in [2.05, 4.69) is 0 Å². The predicted molar refractivity (Wildman–Crippen MR) is 63.0 cm³/mol. The van der Waals surface area contributed by atoms with Crippen LogP contribution in [0.1, 0.15) is 51.4 Å². The molecule has 3 fully saturated rings. The molecule has 0 aromatic heterocycles. The monoisotopic (exact) mass is 210 g/mol. The van der Waals surface area contributed by atoms with Crippen LogP contribution in [0.5, 0.6) is 0 Å². The van der Waals surface area contributed by atoms with Crippen molar-refractivity contribution in [3.05, 3.63) is 0 Å². The van der Waals surface area contributed by atoms with Crippen LogP contribution >= 0.6 is 11.5 Å². The summed E-state index contributed by atoms with van der Waals surface area (Å²) in [4.78, 5) is 0. The topological polar surface area (TPSA) is 0 Å². The van der Waals surface area contributed by atoms with Crippen LogP contribution in [0.2, 0.25) is 11.6 Å². The average Bonchev–Trinajstić information content (AvgIpc) is 2.55. The third-order valence-electron chi connectivity index (χ3n) is 5.12. The molecule has 0 radical (unpaired) electrons. The fraction of sp³-hybridized carbons (Fsp3) is 1.00. The average molecular weight is 211 g/mol. The Morgan fingerprint density at radius 1 is 0.714 bits per heavy atom. The zero-order chi connectivity index (χ0) is 9.54. The Morgan fingerprint density at radius 3 is 1.64 bits per heavy atom. The van der Waals surface area contributed by atoms with Crippen molar-refractivity contribution < 1.29 is 0 Å². The predicted octanol–water partition coefficient (Wildman–Crippen LogP) is 4.35. The molecule has 0 nitrogen and oxygen atoms in total. The van der Waals surface area contributed by atoms with Crippen molar-refractivity contribution in [1.82, 2.24) is 0 Å². The normalized spacial score (nSPS) is 47.4. The minimum absolute atomic E-state index is 0.547. The van der Waals surface area contributed by atoms with E-state index in [1.165, 1.54) is 51.4 Å². The van der Waals surface area contributed by atoms with Gasteiger partial charge in [0, 0.05) is 0 Å². The van der Waals surface area contributed by atoms with Gasteiger partial charge in [-0.1, -0.05) is 51.4 Å². The minimum Gasteiger partial charge on any atom is -0.195 e. The zero-order valence-electron chi connectivity index (χ0n) is 8.92. The molecule has 2 saturated carbocycles. The van der Waals surface area contributed by atoms with Gasteiger partial charge in [0.15, 0.2) is 0 Å². The van der Waals surface area contributed by atoms with Gasteiger partial charge in [-0.25, -0.2) is 0 Å². The molecule has 0 aromatic rings. The lowest BCUT2D eigenvalue weighted by molar-refractivity contribution is 0.226. The van der Waals surface area contributed by atoms with E-state index in [4.69, 9.17) is 11.5 Å². The van der Waals surface area contributed by atoms with Crippen molar-refractivity contribution >= 4 is 17.6 Å². The standard InChI is InChI=1S/C12H20BCl/c14-13-11-7-3-1-5-9(11)10-6-2-4-8-12(10)13/h9-12H,1-8H2. The lowest BCUT2D eigenvalue weighted by Crippen LogP contribution is -2.19. The van der Waals surface area contributed by atoms with E-state index in [9.17, 15) is 0 Å². The Balaban J connectivity index is 1.83. The van der Waals surface area contributed by atoms with Crippen molar-refractivity contribution in [2.75, 3.05) is 0 Å². The Bertz CT molecular complexity index is 196. The molecule has 14 heavy (non-hydrogen) atoms. The van der Waals surface area contributed by atoms with Gasteiger partial charge >= 0.3 is 0 Å². The molecule has 1 saturated heterocycles. The van der Waals surface area contributed by atoms with Crippen molar-refractivity contribution in [3.8, 4) is 0 Å². The molecule has 2 heteroatoms. The molecular formula is C12H20BCl. The van der Waals surface area contributed by atoms with Gasteiger partial charge in [0.1, 0.15) is 0 Å². The summed E-state index contributed by atoms with van der Waals surface area (Å²) in [6.07, 6.45) is 12.3. The molecule has 3 rings (SSSR count). The smallest absolute Gasteiger partial charge is 0.195 e. The summed E-state index contributed by atoms with van der Waals surface area (Å²) in [5, 5.41) is 0. The minimum atomic E-state index is 0.547. The maximum Gasteiger partial charge on any atom is 0.257 e. The molecule has 0 bridgehead atoms. The first-order valence-corrected chi connectivity index (χ1v) is 6.95. The van der Waals surface area contributed by atoms with Gasteiger partial charge in [-0.3, -0.25) is 0 Å². The Morgan fingerprint density at radius 2 is 1.14 bits per heavy atom. The number of hydrogen-bond acceptors (Lipinski definition) is 0. The van der Waals surface area contributed by atoms with Gasteiger partial charge in [0.05, 0.1) is 0 Å². The summed E-state index contributed by atoms with van der Waals surface area (Å²) in [6.45, 7) is 0. The lowest BCUT2D eigenvalue weighted by Gasteiger charge is -2.32. The molecule has 4 atom stereocenters. The summed E-state index contributed by atoms with van der Waals surface area (Å²) in [5.74, 6) is 3.85. The van der Waals surface area contributed by atoms with E-state index in [-0.39, 0.29) is 0 Å². The van der Waals surface area contributed by atoms with Crippen molar-refractivity contribution in [2.45, 2.75) is 63.0 Å². The highest BCUT2D eigenvalue weighted by atomic mass is 35.5. The van der Waals surface area contributed by atoms with E-state index in [1.54, 1.807) is 0 Å². The summed E-state index contributed by atoms with van der Waals surface area (Å²) >= 11 is 6.66. The lowest BCUT2D eigenvalue weighted by atomic mass is 9.53. The molecule has 4 unspecified atom stereocenters. The highest BCUT2D eigenvalue weighted by Crippen LogP contribution is 2.60. The second-order valence-corrected chi connectivity index (χ2v) is 6.17. The molecule has 3 aliphatic rings. The SMILES string of the molecule is ClB1C2CCCCC2C2CCCCC12. The largest absolute Gasteiger partial charge is 0.257 e. The van der Waals surface area contributed by atoms with Crippen molar-refractivity contribution in [3.63, 3.8) is 0 Å². The molecule has 78 valence electrons. The van der Waals surface area contributed by atoms with Crippen LogP contribution in [-0.2, 0) is 0 Å². The van der Waals surface area contributed by atoms with E-state index < -0.39 is 0 Å².